The van der Waals surface area contributed by atoms with E-state index >= 15 is 0 Å². The molecule has 0 bridgehead atoms. The molecule has 0 radical (unpaired) electrons. The molecule has 1 rings (SSSR count). The minimum absolute atomic E-state index is 0.0129. The summed E-state index contributed by atoms with van der Waals surface area (Å²) in [7, 11) is 1.46. The first kappa shape index (κ1) is 14.7. The number of aliphatic hydroxyl groups is 1. The number of hydrogen-bond donors (Lipinski definition) is 2. The van der Waals surface area contributed by atoms with Crippen molar-refractivity contribution in [3.63, 3.8) is 0 Å². The standard InChI is InChI=1S/C14H21NO3/c1-10(2)11-4-6-12(7-5-11)13(16)8-15-14(17)9-18-3/h4-7,10,13,16H,8-9H2,1-3H3,(H,15,17). The Kier molecular flexibility index (Phi) is 5.82. The first-order chi connectivity index (χ1) is 8.54. The third kappa shape index (κ3) is 4.47. The summed E-state index contributed by atoms with van der Waals surface area (Å²) in [6.07, 6.45) is -0.688. The summed E-state index contributed by atoms with van der Waals surface area (Å²) < 4.78 is 4.69. The lowest BCUT2D eigenvalue weighted by molar-refractivity contribution is -0.125. The molecule has 0 aliphatic heterocycles. The van der Waals surface area contributed by atoms with E-state index in [2.05, 4.69) is 19.2 Å². The SMILES string of the molecule is COCC(=O)NCC(O)c1ccc(C(C)C)cc1. The molecule has 0 saturated carbocycles. The van der Waals surface area contributed by atoms with Gasteiger partial charge < -0.3 is 15.2 Å². The molecule has 1 amide bonds. The molecule has 1 unspecified atom stereocenters. The summed E-state index contributed by atoms with van der Waals surface area (Å²) in [6.45, 7) is 4.45. The number of rotatable bonds is 6. The lowest BCUT2D eigenvalue weighted by atomic mass is 10.00. The molecule has 0 heterocycles. The first-order valence-corrected chi connectivity index (χ1v) is 6.08. The predicted molar refractivity (Wildman–Crippen MR) is 70.4 cm³/mol. The van der Waals surface area contributed by atoms with E-state index in [4.69, 9.17) is 4.74 Å². The Morgan fingerprint density at radius 3 is 2.33 bits per heavy atom. The quantitative estimate of drug-likeness (QED) is 0.807. The van der Waals surface area contributed by atoms with Gasteiger partial charge in [0, 0.05) is 13.7 Å². The van der Waals surface area contributed by atoms with E-state index in [1.807, 2.05) is 24.3 Å². The van der Waals surface area contributed by atoms with Crippen LogP contribution in [0.3, 0.4) is 0 Å². The van der Waals surface area contributed by atoms with Gasteiger partial charge >= 0.3 is 0 Å². The van der Waals surface area contributed by atoms with Crippen LogP contribution in [-0.4, -0.2) is 31.3 Å². The van der Waals surface area contributed by atoms with Gasteiger partial charge in [0.1, 0.15) is 6.61 Å². The molecule has 0 aliphatic rings. The third-order valence-electron chi connectivity index (χ3n) is 2.76. The van der Waals surface area contributed by atoms with Crippen LogP contribution < -0.4 is 5.32 Å². The highest BCUT2D eigenvalue weighted by atomic mass is 16.5. The minimum Gasteiger partial charge on any atom is -0.387 e. The average molecular weight is 251 g/mol. The maximum Gasteiger partial charge on any atom is 0.246 e. The number of carbonyl (C=O) groups excluding carboxylic acids is 1. The Labute approximate surface area is 108 Å². The van der Waals surface area contributed by atoms with Crippen LogP contribution in [-0.2, 0) is 9.53 Å². The fraction of sp³-hybridized carbons (Fsp3) is 0.500. The largest absolute Gasteiger partial charge is 0.387 e. The van der Waals surface area contributed by atoms with Crippen LogP contribution in [0.15, 0.2) is 24.3 Å². The van der Waals surface area contributed by atoms with Gasteiger partial charge in [0.15, 0.2) is 0 Å². The highest BCUT2D eigenvalue weighted by Crippen LogP contribution is 2.18. The zero-order chi connectivity index (χ0) is 13.5. The lowest BCUT2D eigenvalue weighted by Crippen LogP contribution is -2.31. The van der Waals surface area contributed by atoms with Gasteiger partial charge in [-0.1, -0.05) is 38.1 Å². The smallest absolute Gasteiger partial charge is 0.246 e. The van der Waals surface area contributed by atoms with E-state index in [1.54, 1.807) is 0 Å². The van der Waals surface area contributed by atoms with Crippen LogP contribution in [0.5, 0.6) is 0 Å². The Morgan fingerprint density at radius 1 is 1.28 bits per heavy atom. The molecule has 0 saturated heterocycles. The second-order valence-electron chi connectivity index (χ2n) is 4.57. The fourth-order valence-electron chi connectivity index (χ4n) is 1.61. The molecule has 4 heteroatoms. The lowest BCUT2D eigenvalue weighted by Gasteiger charge is -2.13. The number of nitrogens with one attached hydrogen (secondary N) is 1. The van der Waals surface area contributed by atoms with Crippen molar-refractivity contribution in [3.8, 4) is 0 Å². The normalized spacial score (nSPS) is 12.5. The number of ether oxygens (including phenoxy) is 1. The topological polar surface area (TPSA) is 58.6 Å². The summed E-state index contributed by atoms with van der Waals surface area (Å²) in [5.41, 5.74) is 2.03. The number of benzene rings is 1. The molecule has 0 aliphatic carbocycles. The summed E-state index contributed by atoms with van der Waals surface area (Å²) in [5.74, 6) is 0.243. The molecular formula is C14H21NO3. The van der Waals surface area contributed by atoms with E-state index < -0.39 is 6.10 Å². The molecule has 100 valence electrons. The van der Waals surface area contributed by atoms with E-state index in [-0.39, 0.29) is 19.1 Å². The fourth-order valence-corrected chi connectivity index (χ4v) is 1.61. The number of aliphatic hydroxyl groups excluding tert-OH is 1. The van der Waals surface area contributed by atoms with E-state index in [0.29, 0.717) is 5.92 Å². The molecule has 0 fully saturated rings. The Morgan fingerprint density at radius 2 is 1.83 bits per heavy atom. The molecule has 0 spiro atoms. The third-order valence-corrected chi connectivity index (χ3v) is 2.76. The van der Waals surface area contributed by atoms with Crippen molar-refractivity contribution in [2.24, 2.45) is 0 Å². The minimum atomic E-state index is -0.688. The Balaban J connectivity index is 2.51. The monoisotopic (exact) mass is 251 g/mol. The van der Waals surface area contributed by atoms with E-state index in [0.717, 1.165) is 5.56 Å². The van der Waals surface area contributed by atoms with Crippen molar-refractivity contribution in [1.82, 2.24) is 5.32 Å². The van der Waals surface area contributed by atoms with Crippen LogP contribution >= 0.6 is 0 Å². The summed E-state index contributed by atoms with van der Waals surface area (Å²) in [4.78, 5) is 11.2. The van der Waals surface area contributed by atoms with Crippen LogP contribution in [0.4, 0.5) is 0 Å². The second kappa shape index (κ2) is 7.13. The van der Waals surface area contributed by atoms with E-state index in [1.165, 1.54) is 12.7 Å². The van der Waals surface area contributed by atoms with Crippen LogP contribution in [0.2, 0.25) is 0 Å². The Hall–Kier alpha value is -1.39. The highest BCUT2D eigenvalue weighted by Gasteiger charge is 2.09. The molecule has 18 heavy (non-hydrogen) atoms. The van der Waals surface area contributed by atoms with Crippen LogP contribution in [0.25, 0.3) is 0 Å². The second-order valence-corrected chi connectivity index (χ2v) is 4.57. The molecule has 2 N–H and O–H groups in total. The van der Waals surface area contributed by atoms with Crippen molar-refractivity contribution in [2.45, 2.75) is 25.9 Å². The van der Waals surface area contributed by atoms with Crippen molar-refractivity contribution in [3.05, 3.63) is 35.4 Å². The molecule has 1 aromatic carbocycles. The highest BCUT2D eigenvalue weighted by molar-refractivity contribution is 5.77. The molecule has 0 aromatic heterocycles. The first-order valence-electron chi connectivity index (χ1n) is 6.08. The molecular weight excluding hydrogens is 230 g/mol. The van der Waals surface area contributed by atoms with Gasteiger partial charge in [-0.2, -0.15) is 0 Å². The van der Waals surface area contributed by atoms with Gasteiger partial charge in [-0.3, -0.25) is 4.79 Å². The maximum atomic E-state index is 11.2. The zero-order valence-corrected chi connectivity index (χ0v) is 11.1. The van der Waals surface area contributed by atoms with Gasteiger partial charge in [-0.05, 0) is 17.0 Å². The van der Waals surface area contributed by atoms with E-state index in [9.17, 15) is 9.90 Å². The Bertz CT molecular complexity index is 373. The van der Waals surface area contributed by atoms with Gasteiger partial charge in [0.2, 0.25) is 5.91 Å². The molecule has 1 atom stereocenters. The van der Waals surface area contributed by atoms with Crippen LogP contribution in [0.1, 0.15) is 37.0 Å². The van der Waals surface area contributed by atoms with Crippen molar-refractivity contribution < 1.29 is 14.6 Å². The number of hydrogen-bond acceptors (Lipinski definition) is 3. The van der Waals surface area contributed by atoms with Gasteiger partial charge in [0.05, 0.1) is 6.10 Å². The van der Waals surface area contributed by atoms with Gasteiger partial charge in [-0.15, -0.1) is 0 Å². The maximum absolute atomic E-state index is 11.2. The summed E-state index contributed by atoms with van der Waals surface area (Å²) in [5, 5.41) is 12.5. The summed E-state index contributed by atoms with van der Waals surface area (Å²) >= 11 is 0. The number of methoxy groups -OCH3 is 1. The van der Waals surface area contributed by atoms with Crippen LogP contribution in [0, 0.1) is 0 Å². The molecule has 4 nitrogen and oxygen atoms in total. The van der Waals surface area contributed by atoms with Crippen molar-refractivity contribution in [1.29, 1.82) is 0 Å². The van der Waals surface area contributed by atoms with Crippen molar-refractivity contribution >= 4 is 5.91 Å². The van der Waals surface area contributed by atoms with Gasteiger partial charge in [-0.25, -0.2) is 0 Å². The van der Waals surface area contributed by atoms with Gasteiger partial charge in [0.25, 0.3) is 0 Å². The summed E-state index contributed by atoms with van der Waals surface area (Å²) in [6, 6.07) is 7.78. The number of amides is 1. The zero-order valence-electron chi connectivity index (χ0n) is 11.1. The average Bonchev–Trinajstić information content (AvgIpc) is 2.36. The molecule has 1 aromatic rings. The predicted octanol–water partition coefficient (Wildman–Crippen LogP) is 1.61. The van der Waals surface area contributed by atoms with Crippen molar-refractivity contribution in [2.75, 3.05) is 20.3 Å². The number of carbonyl (C=O) groups is 1.